The molecule has 0 spiro atoms. The maximum atomic E-state index is 6.29. The number of aryl methyl sites for hydroxylation is 1. The Balaban J connectivity index is 2.09. The molecule has 1 unspecified atom stereocenters. The summed E-state index contributed by atoms with van der Waals surface area (Å²) in [6, 6.07) is 9.93. The Morgan fingerprint density at radius 2 is 2.20 bits per heavy atom. The third kappa shape index (κ3) is 2.39. The molecule has 3 rings (SSSR count). The summed E-state index contributed by atoms with van der Waals surface area (Å²) in [6.45, 7) is 0.774. The van der Waals surface area contributed by atoms with Crippen LogP contribution < -0.4 is 10.1 Å². The predicted molar refractivity (Wildman–Crippen MR) is 80.4 cm³/mol. The maximum Gasteiger partial charge on any atom is 0.127 e. The molecule has 0 saturated carbocycles. The number of ether oxygens (including phenoxy) is 1. The summed E-state index contributed by atoms with van der Waals surface area (Å²) in [7, 11) is 1.91. The van der Waals surface area contributed by atoms with E-state index < -0.39 is 0 Å². The highest BCUT2D eigenvalue weighted by Crippen LogP contribution is 2.36. The second-order valence-corrected chi connectivity index (χ2v) is 5.29. The fourth-order valence-electron chi connectivity index (χ4n) is 2.69. The van der Waals surface area contributed by atoms with Crippen LogP contribution in [0.4, 0.5) is 0 Å². The number of benzene rings is 1. The standard InChI is InChI=1S/C16H17ClN2O/c1-18-14(15-13(17)8-3-9-19-15)12-7-2-5-11-6-4-10-20-16(11)12/h2-3,5,7-9,14,18H,4,6,10H2,1H3. The number of rotatable bonds is 3. The van der Waals surface area contributed by atoms with Gasteiger partial charge in [-0.05, 0) is 37.6 Å². The minimum Gasteiger partial charge on any atom is -0.493 e. The van der Waals surface area contributed by atoms with Gasteiger partial charge in [0, 0.05) is 11.8 Å². The number of hydrogen-bond acceptors (Lipinski definition) is 3. The molecule has 20 heavy (non-hydrogen) atoms. The normalized spacial score (nSPS) is 15.3. The number of nitrogens with zero attached hydrogens (tertiary/aromatic N) is 1. The number of halogens is 1. The fraction of sp³-hybridized carbons (Fsp3) is 0.312. The molecular weight excluding hydrogens is 272 g/mol. The summed E-state index contributed by atoms with van der Waals surface area (Å²) in [5, 5.41) is 3.97. The Hall–Kier alpha value is -1.58. The van der Waals surface area contributed by atoms with Gasteiger partial charge in [0.15, 0.2) is 0 Å². The van der Waals surface area contributed by atoms with Crippen LogP contribution in [-0.2, 0) is 6.42 Å². The molecule has 0 fully saturated rings. The van der Waals surface area contributed by atoms with Crippen molar-refractivity contribution in [3.8, 4) is 5.75 Å². The number of nitrogens with one attached hydrogen (secondary N) is 1. The number of aromatic nitrogens is 1. The number of pyridine rings is 1. The quantitative estimate of drug-likeness (QED) is 0.940. The van der Waals surface area contributed by atoms with Crippen molar-refractivity contribution >= 4 is 11.6 Å². The summed E-state index contributed by atoms with van der Waals surface area (Å²) >= 11 is 6.29. The third-order valence-corrected chi connectivity index (χ3v) is 3.94. The fourth-order valence-corrected chi connectivity index (χ4v) is 2.92. The first-order valence-electron chi connectivity index (χ1n) is 6.83. The van der Waals surface area contributed by atoms with Crippen LogP contribution in [-0.4, -0.2) is 18.6 Å². The van der Waals surface area contributed by atoms with Crippen molar-refractivity contribution in [1.82, 2.24) is 10.3 Å². The highest BCUT2D eigenvalue weighted by molar-refractivity contribution is 6.31. The smallest absolute Gasteiger partial charge is 0.127 e. The van der Waals surface area contributed by atoms with Gasteiger partial charge in [0.25, 0.3) is 0 Å². The Morgan fingerprint density at radius 3 is 3.00 bits per heavy atom. The van der Waals surface area contributed by atoms with Crippen LogP contribution in [0.1, 0.15) is 29.3 Å². The molecule has 0 bridgehead atoms. The van der Waals surface area contributed by atoms with Crippen molar-refractivity contribution in [3.05, 3.63) is 58.4 Å². The van der Waals surface area contributed by atoms with Crippen molar-refractivity contribution in [1.29, 1.82) is 0 Å². The summed E-state index contributed by atoms with van der Waals surface area (Å²) in [4.78, 5) is 4.42. The Labute approximate surface area is 123 Å². The van der Waals surface area contributed by atoms with Crippen LogP contribution in [0, 0.1) is 0 Å². The summed E-state index contributed by atoms with van der Waals surface area (Å²) < 4.78 is 5.89. The highest BCUT2D eigenvalue weighted by atomic mass is 35.5. The van der Waals surface area contributed by atoms with Gasteiger partial charge in [-0.2, -0.15) is 0 Å². The van der Waals surface area contributed by atoms with E-state index in [1.807, 2.05) is 19.2 Å². The van der Waals surface area contributed by atoms with Crippen molar-refractivity contribution in [2.75, 3.05) is 13.7 Å². The van der Waals surface area contributed by atoms with Gasteiger partial charge in [-0.3, -0.25) is 4.98 Å². The molecule has 1 aromatic heterocycles. The predicted octanol–water partition coefficient (Wildman–Crippen LogP) is 3.37. The largest absolute Gasteiger partial charge is 0.493 e. The monoisotopic (exact) mass is 288 g/mol. The van der Waals surface area contributed by atoms with Crippen molar-refractivity contribution in [3.63, 3.8) is 0 Å². The SMILES string of the molecule is CNC(c1cccc2c1OCCC2)c1ncccc1Cl. The van der Waals surface area contributed by atoms with Gasteiger partial charge in [-0.15, -0.1) is 0 Å². The van der Waals surface area contributed by atoms with Crippen molar-refractivity contribution < 1.29 is 4.74 Å². The number of para-hydroxylation sites is 1. The van der Waals surface area contributed by atoms with Crippen LogP contribution in [0.25, 0.3) is 0 Å². The minimum absolute atomic E-state index is 0.0586. The molecule has 104 valence electrons. The lowest BCUT2D eigenvalue weighted by molar-refractivity contribution is 0.283. The molecule has 1 N–H and O–H groups in total. The second-order valence-electron chi connectivity index (χ2n) is 4.88. The first kappa shape index (κ1) is 13.4. The zero-order valence-electron chi connectivity index (χ0n) is 11.4. The second kappa shape index (κ2) is 5.81. The Kier molecular flexibility index (Phi) is 3.90. The van der Waals surface area contributed by atoms with E-state index in [-0.39, 0.29) is 6.04 Å². The van der Waals surface area contributed by atoms with Gasteiger partial charge in [-0.25, -0.2) is 0 Å². The molecule has 3 nitrogen and oxygen atoms in total. The van der Waals surface area contributed by atoms with Crippen LogP contribution in [0.15, 0.2) is 36.5 Å². The van der Waals surface area contributed by atoms with Crippen LogP contribution in [0.2, 0.25) is 5.02 Å². The first-order valence-corrected chi connectivity index (χ1v) is 7.21. The Morgan fingerprint density at radius 1 is 1.30 bits per heavy atom. The van der Waals surface area contributed by atoms with E-state index in [2.05, 4.69) is 28.5 Å². The van der Waals surface area contributed by atoms with Crippen molar-refractivity contribution in [2.45, 2.75) is 18.9 Å². The molecule has 0 amide bonds. The summed E-state index contributed by atoms with van der Waals surface area (Å²) in [6.07, 6.45) is 3.91. The molecule has 0 saturated heterocycles. The van der Waals surface area contributed by atoms with E-state index in [9.17, 15) is 0 Å². The van der Waals surface area contributed by atoms with Gasteiger partial charge in [0.05, 0.1) is 23.4 Å². The molecular formula is C16H17ClN2O. The van der Waals surface area contributed by atoms with Crippen molar-refractivity contribution in [2.24, 2.45) is 0 Å². The first-order chi connectivity index (χ1) is 9.81. The molecule has 1 atom stereocenters. The molecule has 1 aliphatic rings. The maximum absolute atomic E-state index is 6.29. The molecule has 4 heteroatoms. The van der Waals surface area contributed by atoms with E-state index in [0.29, 0.717) is 5.02 Å². The van der Waals surface area contributed by atoms with Crippen LogP contribution in [0.5, 0.6) is 5.75 Å². The highest BCUT2D eigenvalue weighted by Gasteiger charge is 2.23. The van der Waals surface area contributed by atoms with E-state index in [0.717, 1.165) is 36.5 Å². The number of fused-ring (bicyclic) bond motifs is 1. The van der Waals surface area contributed by atoms with Gasteiger partial charge >= 0.3 is 0 Å². The lowest BCUT2D eigenvalue weighted by atomic mass is 9.96. The lowest BCUT2D eigenvalue weighted by Gasteiger charge is -2.25. The Bertz CT molecular complexity index is 615. The van der Waals surface area contributed by atoms with Crippen LogP contribution >= 0.6 is 11.6 Å². The zero-order valence-corrected chi connectivity index (χ0v) is 12.2. The molecule has 2 heterocycles. The van der Waals surface area contributed by atoms with Gasteiger partial charge < -0.3 is 10.1 Å². The van der Waals surface area contributed by atoms with Gasteiger partial charge in [-0.1, -0.05) is 29.8 Å². The van der Waals surface area contributed by atoms with E-state index in [1.165, 1.54) is 5.56 Å². The van der Waals surface area contributed by atoms with E-state index >= 15 is 0 Å². The third-order valence-electron chi connectivity index (χ3n) is 3.62. The zero-order chi connectivity index (χ0) is 13.9. The average molecular weight is 289 g/mol. The molecule has 0 radical (unpaired) electrons. The lowest BCUT2D eigenvalue weighted by Crippen LogP contribution is -2.22. The van der Waals surface area contributed by atoms with E-state index in [1.54, 1.807) is 6.20 Å². The van der Waals surface area contributed by atoms with Crippen LogP contribution in [0.3, 0.4) is 0 Å². The average Bonchev–Trinajstić information content (AvgIpc) is 2.50. The molecule has 0 aliphatic carbocycles. The van der Waals surface area contributed by atoms with E-state index in [4.69, 9.17) is 16.3 Å². The topological polar surface area (TPSA) is 34.1 Å². The molecule has 1 aliphatic heterocycles. The molecule has 1 aromatic carbocycles. The molecule has 2 aromatic rings. The number of hydrogen-bond donors (Lipinski definition) is 1. The summed E-state index contributed by atoms with van der Waals surface area (Å²) in [5.41, 5.74) is 3.20. The van der Waals surface area contributed by atoms with Gasteiger partial charge in [0.2, 0.25) is 0 Å². The summed E-state index contributed by atoms with van der Waals surface area (Å²) in [5.74, 6) is 0.986. The minimum atomic E-state index is -0.0586. The van der Waals surface area contributed by atoms with Gasteiger partial charge in [0.1, 0.15) is 5.75 Å².